The van der Waals surface area contributed by atoms with Crippen LogP contribution in [0.3, 0.4) is 0 Å². The lowest BCUT2D eigenvalue weighted by atomic mass is 10.1. The third-order valence-electron chi connectivity index (χ3n) is 4.01. The summed E-state index contributed by atoms with van der Waals surface area (Å²) in [5, 5.41) is 17.9. The van der Waals surface area contributed by atoms with E-state index in [-0.39, 0.29) is 6.04 Å². The lowest BCUT2D eigenvalue weighted by Crippen LogP contribution is -2.27. The molecule has 0 saturated carbocycles. The second kappa shape index (κ2) is 9.71. The van der Waals surface area contributed by atoms with Crippen molar-refractivity contribution in [3.05, 3.63) is 54.0 Å². The zero-order valence-electron chi connectivity index (χ0n) is 16.6. The molecule has 0 saturated heterocycles. The third kappa shape index (κ3) is 5.54. The first-order valence-corrected chi connectivity index (χ1v) is 9.22. The van der Waals surface area contributed by atoms with E-state index in [1.807, 2.05) is 43.1 Å². The quantitative estimate of drug-likeness (QED) is 0.647. The Bertz CT molecular complexity index is 777. The van der Waals surface area contributed by atoms with Crippen LogP contribution in [0.15, 0.2) is 53.6 Å². The molecule has 6 nitrogen and oxygen atoms in total. The Hall–Kier alpha value is -2.89. The Morgan fingerprint density at radius 3 is 2.93 bits per heavy atom. The summed E-state index contributed by atoms with van der Waals surface area (Å²) in [6, 6.07) is 4.11. The van der Waals surface area contributed by atoms with Crippen molar-refractivity contribution in [1.82, 2.24) is 15.3 Å². The second-order valence-electron chi connectivity index (χ2n) is 6.56. The number of nitrogens with zero attached hydrogens (tertiary/aromatic N) is 3. The molecule has 0 amide bonds. The van der Waals surface area contributed by atoms with Gasteiger partial charge in [-0.05, 0) is 58.1 Å². The smallest absolute Gasteiger partial charge is 0.220 e. The van der Waals surface area contributed by atoms with Crippen LogP contribution in [0.25, 0.3) is 6.08 Å². The highest BCUT2D eigenvalue weighted by Gasteiger charge is 2.23. The van der Waals surface area contributed by atoms with Crippen molar-refractivity contribution >= 4 is 17.5 Å². The Labute approximate surface area is 161 Å². The lowest BCUT2D eigenvalue weighted by molar-refractivity contribution is 0.306. The molecule has 6 heteroatoms. The van der Waals surface area contributed by atoms with Crippen LogP contribution in [-0.2, 0) is 0 Å². The topological polar surface area (TPSA) is 73.6 Å². The van der Waals surface area contributed by atoms with E-state index in [1.165, 1.54) is 0 Å². The molecule has 0 aromatic carbocycles. The Balaban J connectivity index is 2.37. The van der Waals surface area contributed by atoms with Gasteiger partial charge >= 0.3 is 0 Å². The van der Waals surface area contributed by atoms with Gasteiger partial charge in [0, 0.05) is 35.6 Å². The minimum atomic E-state index is 0.249. The van der Waals surface area contributed by atoms with E-state index in [0.717, 1.165) is 29.1 Å². The molecule has 1 aromatic rings. The number of hydrogen-bond acceptors (Lipinski definition) is 6. The van der Waals surface area contributed by atoms with Gasteiger partial charge < -0.3 is 15.5 Å². The summed E-state index contributed by atoms with van der Waals surface area (Å²) in [5.41, 5.74) is 4.44. The Kier molecular flexibility index (Phi) is 7.34. The van der Waals surface area contributed by atoms with E-state index in [0.29, 0.717) is 24.7 Å². The molecule has 0 spiro atoms. The van der Waals surface area contributed by atoms with E-state index < -0.39 is 0 Å². The monoisotopic (exact) mass is 367 g/mol. The minimum Gasteiger partial charge on any atom is -0.478 e. The van der Waals surface area contributed by atoms with Gasteiger partial charge in [-0.1, -0.05) is 6.58 Å². The second-order valence-corrected chi connectivity index (χ2v) is 6.56. The van der Waals surface area contributed by atoms with Crippen LogP contribution < -0.4 is 10.1 Å². The average molecular weight is 367 g/mol. The highest BCUT2D eigenvalue weighted by atomic mass is 16.5. The zero-order valence-corrected chi connectivity index (χ0v) is 16.6. The average Bonchev–Trinajstić information content (AvgIpc) is 3.04. The molecular weight excluding hydrogens is 338 g/mol. The first-order chi connectivity index (χ1) is 13.0. The van der Waals surface area contributed by atoms with Crippen LogP contribution >= 0.6 is 0 Å². The predicted octanol–water partition coefficient (Wildman–Crippen LogP) is 3.99. The molecule has 0 atom stereocenters. The van der Waals surface area contributed by atoms with Gasteiger partial charge in [0.15, 0.2) is 0 Å². The first kappa shape index (κ1) is 20.4. The largest absolute Gasteiger partial charge is 0.478 e. The van der Waals surface area contributed by atoms with Crippen molar-refractivity contribution in [2.75, 3.05) is 13.2 Å². The number of nitrogens with one attached hydrogen (secondary N) is 2. The fraction of sp³-hybridized carbons (Fsp3) is 0.381. The van der Waals surface area contributed by atoms with Crippen LogP contribution in [0.5, 0.6) is 5.88 Å². The molecule has 0 unspecified atom stereocenters. The van der Waals surface area contributed by atoms with E-state index in [2.05, 4.69) is 35.8 Å². The molecule has 1 aromatic heterocycles. The Morgan fingerprint density at radius 2 is 2.26 bits per heavy atom. The van der Waals surface area contributed by atoms with Crippen molar-refractivity contribution in [2.24, 2.45) is 5.10 Å². The molecule has 2 heterocycles. The summed E-state index contributed by atoms with van der Waals surface area (Å²) in [5.74, 6) is 0.610. The van der Waals surface area contributed by atoms with E-state index in [1.54, 1.807) is 12.3 Å². The number of pyridine rings is 1. The van der Waals surface area contributed by atoms with Gasteiger partial charge in [0.25, 0.3) is 0 Å². The molecule has 0 aliphatic carbocycles. The molecule has 2 rings (SSSR count). The summed E-state index contributed by atoms with van der Waals surface area (Å²) in [7, 11) is 0. The summed E-state index contributed by atoms with van der Waals surface area (Å²) in [4.78, 5) is 4.30. The molecule has 27 heavy (non-hydrogen) atoms. The molecule has 0 fully saturated rings. The van der Waals surface area contributed by atoms with Crippen LogP contribution in [0.1, 0.15) is 39.7 Å². The zero-order chi connectivity index (χ0) is 19.8. The number of hydrazone groups is 1. The third-order valence-corrected chi connectivity index (χ3v) is 4.01. The van der Waals surface area contributed by atoms with Crippen LogP contribution in [0.2, 0.25) is 0 Å². The number of aromatic nitrogens is 1. The van der Waals surface area contributed by atoms with Crippen LogP contribution in [-0.4, -0.2) is 40.6 Å². The van der Waals surface area contributed by atoms with Crippen LogP contribution in [0, 0.1) is 5.41 Å². The minimum absolute atomic E-state index is 0.249. The number of allylic oxidation sites excluding steroid dienone is 2. The van der Waals surface area contributed by atoms with Crippen molar-refractivity contribution in [3.63, 3.8) is 0 Å². The molecule has 1 aliphatic rings. The maximum absolute atomic E-state index is 7.86. The summed E-state index contributed by atoms with van der Waals surface area (Å²) in [6.45, 7) is 12.8. The molecule has 2 N–H and O–H groups in total. The standard InChI is InChI=1S/C21H29N5O/c1-6-18(22)14-24-19(20-13-16(5)25-26(20)15(3)4)11-10-17-9-8-12-23-21(17)27-7-2/h6,8-12,15,22,24H,1,7,13-14H2,2-5H3/b11-10+,20-19-,22-18?. The molecule has 0 radical (unpaired) electrons. The summed E-state index contributed by atoms with van der Waals surface area (Å²) in [6.07, 6.45) is 8.04. The van der Waals surface area contributed by atoms with Gasteiger partial charge in [0.1, 0.15) is 0 Å². The predicted molar refractivity (Wildman–Crippen MR) is 112 cm³/mol. The summed E-state index contributed by atoms with van der Waals surface area (Å²) < 4.78 is 5.61. The SMILES string of the molecule is C=CC(=N)CNC(/C=C/c1cccnc1OCC)=C1/CC(C)=NN1C(C)C. The maximum atomic E-state index is 7.86. The fourth-order valence-electron chi connectivity index (χ4n) is 2.73. The van der Waals surface area contributed by atoms with E-state index >= 15 is 0 Å². The molecule has 1 aliphatic heterocycles. The highest BCUT2D eigenvalue weighted by Crippen LogP contribution is 2.26. The van der Waals surface area contributed by atoms with Gasteiger partial charge in [-0.2, -0.15) is 5.10 Å². The van der Waals surface area contributed by atoms with E-state index in [9.17, 15) is 0 Å². The van der Waals surface area contributed by atoms with Gasteiger partial charge in [-0.3, -0.25) is 5.01 Å². The Morgan fingerprint density at radius 1 is 1.48 bits per heavy atom. The van der Waals surface area contributed by atoms with Crippen molar-refractivity contribution in [3.8, 4) is 5.88 Å². The van der Waals surface area contributed by atoms with Gasteiger partial charge in [-0.25, -0.2) is 4.98 Å². The van der Waals surface area contributed by atoms with Crippen molar-refractivity contribution in [1.29, 1.82) is 5.41 Å². The van der Waals surface area contributed by atoms with E-state index in [4.69, 9.17) is 10.1 Å². The van der Waals surface area contributed by atoms with Crippen molar-refractivity contribution in [2.45, 2.75) is 40.2 Å². The maximum Gasteiger partial charge on any atom is 0.220 e. The number of hydrogen-bond donors (Lipinski definition) is 2. The van der Waals surface area contributed by atoms with Gasteiger partial charge in [-0.15, -0.1) is 0 Å². The summed E-state index contributed by atoms with van der Waals surface area (Å²) >= 11 is 0. The number of ether oxygens (including phenoxy) is 1. The molecule has 0 bridgehead atoms. The lowest BCUT2D eigenvalue weighted by Gasteiger charge is -2.23. The first-order valence-electron chi connectivity index (χ1n) is 9.22. The van der Waals surface area contributed by atoms with Gasteiger partial charge in [0.05, 0.1) is 24.5 Å². The van der Waals surface area contributed by atoms with Crippen molar-refractivity contribution < 1.29 is 4.74 Å². The molecular formula is C21H29N5O. The fourth-order valence-corrected chi connectivity index (χ4v) is 2.73. The number of rotatable bonds is 9. The van der Waals surface area contributed by atoms with Gasteiger partial charge in [0.2, 0.25) is 5.88 Å². The highest BCUT2D eigenvalue weighted by molar-refractivity contribution is 5.93. The normalized spacial score (nSPS) is 15.9. The molecule has 144 valence electrons. The van der Waals surface area contributed by atoms with Crippen LogP contribution in [0.4, 0.5) is 0 Å².